The maximum atomic E-state index is 11.8. The minimum atomic E-state index is -0.442. The third-order valence-corrected chi connectivity index (χ3v) is 2.74. The molecule has 0 aliphatic carbocycles. The number of hydrogen-bond donors (Lipinski definition) is 1. The molecule has 1 amide bonds. The topological polar surface area (TPSA) is 55.6 Å². The van der Waals surface area contributed by atoms with Gasteiger partial charge in [-0.05, 0) is 46.6 Å². The van der Waals surface area contributed by atoms with Crippen LogP contribution in [0.5, 0.6) is 0 Å². The smallest absolute Gasteiger partial charge is 0.410 e. The van der Waals surface area contributed by atoms with E-state index >= 15 is 0 Å². The summed E-state index contributed by atoms with van der Waals surface area (Å²) in [4.78, 5) is 13.4. The SMILES string of the molecule is CC(CCN)C(C)N(C)C(=O)OC(C)(C)C. The minimum Gasteiger partial charge on any atom is -0.444 e. The van der Waals surface area contributed by atoms with Crippen molar-refractivity contribution >= 4 is 6.09 Å². The molecule has 0 saturated carbocycles. The lowest BCUT2D eigenvalue weighted by Gasteiger charge is -2.31. The molecule has 96 valence electrons. The van der Waals surface area contributed by atoms with Crippen LogP contribution in [0.2, 0.25) is 0 Å². The Balaban J connectivity index is 4.32. The van der Waals surface area contributed by atoms with Crippen molar-refractivity contribution in [2.45, 2.75) is 52.7 Å². The summed E-state index contributed by atoms with van der Waals surface area (Å²) in [6, 6.07) is 0.137. The highest BCUT2D eigenvalue weighted by molar-refractivity contribution is 5.68. The second-order valence-corrected chi connectivity index (χ2v) is 5.39. The van der Waals surface area contributed by atoms with Crippen molar-refractivity contribution in [3.8, 4) is 0 Å². The zero-order valence-electron chi connectivity index (χ0n) is 11.4. The molecule has 0 spiro atoms. The molecule has 4 nitrogen and oxygen atoms in total. The summed E-state index contributed by atoms with van der Waals surface area (Å²) in [6.45, 7) is 10.4. The van der Waals surface area contributed by atoms with Gasteiger partial charge in [-0.25, -0.2) is 4.79 Å². The van der Waals surface area contributed by atoms with Gasteiger partial charge in [0.25, 0.3) is 0 Å². The molecule has 0 bridgehead atoms. The van der Waals surface area contributed by atoms with Crippen molar-refractivity contribution in [1.29, 1.82) is 0 Å². The third kappa shape index (κ3) is 5.35. The molecule has 2 unspecified atom stereocenters. The maximum absolute atomic E-state index is 11.8. The highest BCUT2D eigenvalue weighted by Gasteiger charge is 2.25. The summed E-state index contributed by atoms with van der Waals surface area (Å²) >= 11 is 0. The monoisotopic (exact) mass is 230 g/mol. The number of carbonyl (C=O) groups excluding carboxylic acids is 1. The maximum Gasteiger partial charge on any atom is 0.410 e. The fourth-order valence-corrected chi connectivity index (χ4v) is 1.39. The molecular formula is C12H26N2O2. The van der Waals surface area contributed by atoms with Crippen LogP contribution in [0.15, 0.2) is 0 Å². The fourth-order valence-electron chi connectivity index (χ4n) is 1.39. The van der Waals surface area contributed by atoms with Gasteiger partial charge in [-0.3, -0.25) is 0 Å². The lowest BCUT2D eigenvalue weighted by molar-refractivity contribution is 0.0188. The van der Waals surface area contributed by atoms with Crippen molar-refractivity contribution in [2.24, 2.45) is 11.7 Å². The van der Waals surface area contributed by atoms with Crippen LogP contribution in [0, 0.1) is 5.92 Å². The minimum absolute atomic E-state index is 0.137. The molecule has 0 saturated heterocycles. The summed E-state index contributed by atoms with van der Waals surface area (Å²) in [5, 5.41) is 0. The first-order chi connectivity index (χ1) is 7.19. The van der Waals surface area contributed by atoms with Crippen LogP contribution in [0.1, 0.15) is 41.0 Å². The normalized spacial score (nSPS) is 15.4. The molecular weight excluding hydrogens is 204 g/mol. The quantitative estimate of drug-likeness (QED) is 0.805. The van der Waals surface area contributed by atoms with Crippen LogP contribution in [-0.4, -0.2) is 36.2 Å². The van der Waals surface area contributed by atoms with Gasteiger partial charge < -0.3 is 15.4 Å². The van der Waals surface area contributed by atoms with Crippen molar-refractivity contribution in [3.63, 3.8) is 0 Å². The van der Waals surface area contributed by atoms with Gasteiger partial charge in [0.1, 0.15) is 5.60 Å². The number of hydrogen-bond acceptors (Lipinski definition) is 3. The Bertz CT molecular complexity index is 224. The molecule has 0 aromatic carbocycles. The van der Waals surface area contributed by atoms with E-state index in [9.17, 15) is 4.79 Å². The molecule has 2 N–H and O–H groups in total. The number of nitrogens with two attached hydrogens (primary N) is 1. The van der Waals surface area contributed by atoms with E-state index < -0.39 is 5.60 Å². The summed E-state index contributed by atoms with van der Waals surface area (Å²) < 4.78 is 5.30. The second kappa shape index (κ2) is 6.09. The standard InChI is InChI=1S/C12H26N2O2/c1-9(7-8-13)10(2)14(6)11(15)16-12(3,4)5/h9-10H,7-8,13H2,1-6H3. The van der Waals surface area contributed by atoms with Crippen LogP contribution in [0.3, 0.4) is 0 Å². The number of carbonyl (C=O) groups is 1. The molecule has 16 heavy (non-hydrogen) atoms. The van der Waals surface area contributed by atoms with Gasteiger partial charge in [-0.1, -0.05) is 6.92 Å². The predicted octanol–water partition coefficient (Wildman–Crippen LogP) is 2.23. The molecule has 0 aromatic heterocycles. The Morgan fingerprint density at radius 3 is 2.25 bits per heavy atom. The fraction of sp³-hybridized carbons (Fsp3) is 0.917. The molecule has 0 aliphatic rings. The Morgan fingerprint density at radius 1 is 1.38 bits per heavy atom. The first-order valence-electron chi connectivity index (χ1n) is 5.85. The highest BCUT2D eigenvalue weighted by Crippen LogP contribution is 2.16. The van der Waals surface area contributed by atoms with Crippen LogP contribution in [0.25, 0.3) is 0 Å². The van der Waals surface area contributed by atoms with Gasteiger partial charge in [0.15, 0.2) is 0 Å². The van der Waals surface area contributed by atoms with E-state index in [1.54, 1.807) is 11.9 Å². The molecule has 0 rings (SSSR count). The Hall–Kier alpha value is -0.770. The van der Waals surface area contributed by atoms with Gasteiger partial charge in [0, 0.05) is 13.1 Å². The molecule has 0 radical (unpaired) electrons. The largest absolute Gasteiger partial charge is 0.444 e. The van der Waals surface area contributed by atoms with Gasteiger partial charge in [0.2, 0.25) is 0 Å². The highest BCUT2D eigenvalue weighted by atomic mass is 16.6. The van der Waals surface area contributed by atoms with E-state index in [1.807, 2.05) is 27.7 Å². The summed E-state index contributed by atoms with van der Waals surface area (Å²) in [5.74, 6) is 0.377. The lowest BCUT2D eigenvalue weighted by atomic mass is 9.99. The first-order valence-corrected chi connectivity index (χ1v) is 5.85. The van der Waals surface area contributed by atoms with Gasteiger partial charge in [0.05, 0.1) is 0 Å². The van der Waals surface area contributed by atoms with Crippen LogP contribution >= 0.6 is 0 Å². The zero-order chi connectivity index (χ0) is 12.9. The molecule has 0 fully saturated rings. The summed E-state index contributed by atoms with van der Waals surface area (Å²) in [6.07, 6.45) is 0.637. The predicted molar refractivity (Wildman–Crippen MR) is 66.3 cm³/mol. The Morgan fingerprint density at radius 2 is 1.88 bits per heavy atom. The van der Waals surface area contributed by atoms with Crippen molar-refractivity contribution in [1.82, 2.24) is 4.90 Å². The number of nitrogens with zero attached hydrogens (tertiary/aromatic N) is 1. The van der Waals surface area contributed by atoms with E-state index in [0.717, 1.165) is 6.42 Å². The summed E-state index contributed by atoms with van der Waals surface area (Å²) in [7, 11) is 1.77. The lowest BCUT2D eigenvalue weighted by Crippen LogP contribution is -2.42. The van der Waals surface area contributed by atoms with Crippen molar-refractivity contribution < 1.29 is 9.53 Å². The molecule has 0 aliphatic heterocycles. The van der Waals surface area contributed by atoms with Crippen molar-refractivity contribution in [3.05, 3.63) is 0 Å². The first kappa shape index (κ1) is 15.2. The Labute approximate surface area is 99.1 Å². The van der Waals surface area contributed by atoms with E-state index in [4.69, 9.17) is 10.5 Å². The average Bonchev–Trinajstić information content (AvgIpc) is 2.13. The van der Waals surface area contributed by atoms with E-state index in [-0.39, 0.29) is 12.1 Å². The zero-order valence-corrected chi connectivity index (χ0v) is 11.4. The van der Waals surface area contributed by atoms with Gasteiger partial charge in [-0.2, -0.15) is 0 Å². The summed E-state index contributed by atoms with van der Waals surface area (Å²) in [5.41, 5.74) is 5.07. The Kier molecular flexibility index (Phi) is 5.79. The van der Waals surface area contributed by atoms with E-state index in [1.165, 1.54) is 0 Å². The van der Waals surface area contributed by atoms with Crippen molar-refractivity contribution in [2.75, 3.05) is 13.6 Å². The van der Waals surface area contributed by atoms with Gasteiger partial charge in [-0.15, -0.1) is 0 Å². The van der Waals surface area contributed by atoms with E-state index in [0.29, 0.717) is 12.5 Å². The van der Waals surface area contributed by atoms with Crippen LogP contribution in [0.4, 0.5) is 4.79 Å². The number of amides is 1. The van der Waals surface area contributed by atoms with Crippen LogP contribution < -0.4 is 5.73 Å². The molecule has 0 aromatic rings. The number of ether oxygens (including phenoxy) is 1. The van der Waals surface area contributed by atoms with Gasteiger partial charge >= 0.3 is 6.09 Å². The van der Waals surface area contributed by atoms with Crippen LogP contribution in [-0.2, 0) is 4.74 Å². The van der Waals surface area contributed by atoms with E-state index in [2.05, 4.69) is 6.92 Å². The second-order valence-electron chi connectivity index (χ2n) is 5.39. The molecule has 2 atom stereocenters. The number of rotatable bonds is 4. The molecule has 4 heteroatoms. The average molecular weight is 230 g/mol. The molecule has 0 heterocycles. The third-order valence-electron chi connectivity index (χ3n) is 2.74.